The molecule has 1 heterocycles. The number of carboxylic acids is 1. The van der Waals surface area contributed by atoms with E-state index in [0.717, 1.165) is 11.1 Å². The summed E-state index contributed by atoms with van der Waals surface area (Å²) in [6.07, 6.45) is 0. The molecule has 0 unspecified atom stereocenters. The Balaban J connectivity index is 2.07. The van der Waals surface area contributed by atoms with E-state index in [9.17, 15) is 9.18 Å². The van der Waals surface area contributed by atoms with Gasteiger partial charge in [0.25, 0.3) is 5.89 Å². The average molecular weight is 312 g/mol. The summed E-state index contributed by atoms with van der Waals surface area (Å²) in [4.78, 5) is 15.3. The summed E-state index contributed by atoms with van der Waals surface area (Å²) >= 11 is 0. The zero-order chi connectivity index (χ0) is 16.6. The summed E-state index contributed by atoms with van der Waals surface area (Å²) in [6.45, 7) is 3.64. The Labute approximate surface area is 131 Å². The van der Waals surface area contributed by atoms with Gasteiger partial charge in [-0.3, -0.25) is 0 Å². The zero-order valence-corrected chi connectivity index (χ0v) is 12.5. The second-order valence-corrected chi connectivity index (χ2v) is 5.24. The summed E-state index contributed by atoms with van der Waals surface area (Å²) in [5.74, 6) is -1.22. The molecule has 0 aliphatic rings. The third-order valence-corrected chi connectivity index (χ3v) is 3.50. The molecule has 0 saturated carbocycles. The van der Waals surface area contributed by atoms with E-state index >= 15 is 0 Å². The van der Waals surface area contributed by atoms with Crippen molar-refractivity contribution in [1.82, 2.24) is 10.1 Å². The Morgan fingerprint density at radius 3 is 2.65 bits per heavy atom. The van der Waals surface area contributed by atoms with Crippen molar-refractivity contribution >= 4 is 5.97 Å². The first-order valence-electron chi connectivity index (χ1n) is 6.90. The van der Waals surface area contributed by atoms with E-state index in [1.165, 1.54) is 18.2 Å². The highest BCUT2D eigenvalue weighted by molar-refractivity contribution is 5.89. The summed E-state index contributed by atoms with van der Waals surface area (Å²) in [7, 11) is 0. The SMILES string of the molecule is Cc1ccc(F)c(-c2nc(-c3cc(C(=O)O)ccc3C)no2)c1. The Hall–Kier alpha value is -3.02. The van der Waals surface area contributed by atoms with E-state index in [1.54, 1.807) is 18.2 Å². The fourth-order valence-electron chi connectivity index (χ4n) is 2.24. The van der Waals surface area contributed by atoms with Gasteiger partial charge in [-0.2, -0.15) is 4.98 Å². The molecule has 1 aromatic heterocycles. The first-order valence-corrected chi connectivity index (χ1v) is 6.90. The van der Waals surface area contributed by atoms with Crippen molar-refractivity contribution in [3.05, 3.63) is 58.9 Å². The number of nitrogens with zero attached hydrogens (tertiary/aromatic N) is 2. The molecule has 5 nitrogen and oxygen atoms in total. The largest absolute Gasteiger partial charge is 0.478 e. The molecule has 6 heteroatoms. The Kier molecular flexibility index (Phi) is 3.65. The van der Waals surface area contributed by atoms with Crippen molar-refractivity contribution in [2.24, 2.45) is 0 Å². The van der Waals surface area contributed by atoms with Gasteiger partial charge < -0.3 is 9.63 Å². The van der Waals surface area contributed by atoms with E-state index in [4.69, 9.17) is 9.63 Å². The molecule has 0 saturated heterocycles. The van der Waals surface area contributed by atoms with Gasteiger partial charge in [-0.1, -0.05) is 22.9 Å². The minimum absolute atomic E-state index is 0.0568. The predicted molar refractivity (Wildman–Crippen MR) is 81.6 cm³/mol. The molecule has 2 aromatic carbocycles. The number of hydrogen-bond acceptors (Lipinski definition) is 4. The van der Waals surface area contributed by atoms with Gasteiger partial charge in [-0.05, 0) is 43.7 Å². The third-order valence-electron chi connectivity index (χ3n) is 3.50. The fourth-order valence-corrected chi connectivity index (χ4v) is 2.24. The van der Waals surface area contributed by atoms with Crippen molar-refractivity contribution in [1.29, 1.82) is 0 Å². The highest BCUT2D eigenvalue weighted by Crippen LogP contribution is 2.27. The van der Waals surface area contributed by atoms with Crippen molar-refractivity contribution in [3.8, 4) is 22.8 Å². The van der Waals surface area contributed by atoms with E-state index in [-0.39, 0.29) is 22.8 Å². The summed E-state index contributed by atoms with van der Waals surface area (Å²) in [5, 5.41) is 12.9. The Bertz CT molecular complexity index is 903. The molecule has 0 radical (unpaired) electrons. The lowest BCUT2D eigenvalue weighted by molar-refractivity contribution is 0.0697. The van der Waals surface area contributed by atoms with Crippen molar-refractivity contribution in [3.63, 3.8) is 0 Å². The normalized spacial score (nSPS) is 10.7. The molecule has 0 amide bonds. The average Bonchev–Trinajstić information content (AvgIpc) is 2.99. The quantitative estimate of drug-likeness (QED) is 0.794. The first kappa shape index (κ1) is 14.9. The first-order chi connectivity index (χ1) is 11.0. The molecular formula is C17H13FN2O3. The van der Waals surface area contributed by atoms with Crippen molar-refractivity contribution < 1.29 is 18.8 Å². The summed E-state index contributed by atoms with van der Waals surface area (Å²) < 4.78 is 19.1. The number of rotatable bonds is 3. The van der Waals surface area contributed by atoms with Crippen molar-refractivity contribution in [2.75, 3.05) is 0 Å². The number of aromatic carboxylic acids is 1. The molecule has 3 aromatic rings. The molecule has 0 atom stereocenters. The van der Waals surface area contributed by atoms with E-state index in [0.29, 0.717) is 5.56 Å². The number of hydrogen-bond donors (Lipinski definition) is 1. The van der Waals surface area contributed by atoms with Crippen LogP contribution in [0.25, 0.3) is 22.8 Å². The smallest absolute Gasteiger partial charge is 0.335 e. The van der Waals surface area contributed by atoms with Gasteiger partial charge in [-0.25, -0.2) is 9.18 Å². The number of aryl methyl sites for hydroxylation is 2. The second kappa shape index (κ2) is 5.64. The molecule has 0 aliphatic carbocycles. The zero-order valence-electron chi connectivity index (χ0n) is 12.5. The maximum atomic E-state index is 13.9. The van der Waals surface area contributed by atoms with Crippen LogP contribution < -0.4 is 0 Å². The lowest BCUT2D eigenvalue weighted by Gasteiger charge is -2.02. The Morgan fingerprint density at radius 1 is 1.13 bits per heavy atom. The van der Waals surface area contributed by atoms with Crippen LogP contribution in [0, 0.1) is 19.7 Å². The number of halogens is 1. The second-order valence-electron chi connectivity index (χ2n) is 5.24. The number of carboxylic acid groups (broad SMARTS) is 1. The maximum Gasteiger partial charge on any atom is 0.335 e. The van der Waals surface area contributed by atoms with Crippen LogP contribution in [0.3, 0.4) is 0 Å². The minimum atomic E-state index is -1.04. The van der Waals surface area contributed by atoms with Gasteiger partial charge in [0.2, 0.25) is 5.82 Å². The predicted octanol–water partition coefficient (Wildman–Crippen LogP) is 3.86. The summed E-state index contributed by atoms with van der Waals surface area (Å²) in [5.41, 5.74) is 2.54. The van der Waals surface area contributed by atoms with Crippen LogP contribution in [0.1, 0.15) is 21.5 Å². The molecular weight excluding hydrogens is 299 g/mol. The molecule has 0 spiro atoms. The van der Waals surface area contributed by atoms with Gasteiger partial charge in [0.1, 0.15) is 5.82 Å². The van der Waals surface area contributed by atoms with Gasteiger partial charge in [0, 0.05) is 5.56 Å². The number of carbonyl (C=O) groups is 1. The van der Waals surface area contributed by atoms with Gasteiger partial charge >= 0.3 is 5.97 Å². The summed E-state index contributed by atoms with van der Waals surface area (Å²) in [6, 6.07) is 9.25. The highest BCUT2D eigenvalue weighted by atomic mass is 19.1. The topological polar surface area (TPSA) is 76.2 Å². The molecule has 0 fully saturated rings. The number of benzene rings is 2. The van der Waals surface area contributed by atoms with E-state index in [1.807, 2.05) is 13.8 Å². The van der Waals surface area contributed by atoms with Crippen LogP contribution in [0.2, 0.25) is 0 Å². The molecule has 1 N–H and O–H groups in total. The van der Waals surface area contributed by atoms with E-state index in [2.05, 4.69) is 10.1 Å². The third kappa shape index (κ3) is 2.83. The maximum absolute atomic E-state index is 13.9. The molecule has 3 rings (SSSR count). The van der Waals surface area contributed by atoms with Crippen LogP contribution in [-0.4, -0.2) is 21.2 Å². The Morgan fingerprint density at radius 2 is 1.91 bits per heavy atom. The van der Waals surface area contributed by atoms with E-state index < -0.39 is 11.8 Å². The molecule has 23 heavy (non-hydrogen) atoms. The monoisotopic (exact) mass is 312 g/mol. The highest BCUT2D eigenvalue weighted by Gasteiger charge is 2.17. The van der Waals surface area contributed by atoms with Crippen molar-refractivity contribution in [2.45, 2.75) is 13.8 Å². The van der Waals surface area contributed by atoms with Gasteiger partial charge in [0.15, 0.2) is 0 Å². The lowest BCUT2D eigenvalue weighted by atomic mass is 10.0. The lowest BCUT2D eigenvalue weighted by Crippen LogP contribution is -1.97. The van der Waals surface area contributed by atoms with Gasteiger partial charge in [0.05, 0.1) is 11.1 Å². The fraction of sp³-hybridized carbons (Fsp3) is 0.118. The molecule has 0 bridgehead atoms. The molecule has 0 aliphatic heterocycles. The van der Waals surface area contributed by atoms with Crippen LogP contribution in [0.15, 0.2) is 40.9 Å². The van der Waals surface area contributed by atoms with Crippen LogP contribution >= 0.6 is 0 Å². The standard InChI is InChI=1S/C17H13FN2O3/c1-9-3-6-14(18)13(7-9)16-19-15(20-23-16)12-8-11(17(21)22)5-4-10(12)2/h3-8H,1-2H3,(H,21,22). The number of aromatic nitrogens is 2. The van der Waals surface area contributed by atoms with Crippen LogP contribution in [0.4, 0.5) is 4.39 Å². The van der Waals surface area contributed by atoms with Crippen LogP contribution in [0.5, 0.6) is 0 Å². The molecule has 116 valence electrons. The van der Waals surface area contributed by atoms with Gasteiger partial charge in [-0.15, -0.1) is 0 Å². The van der Waals surface area contributed by atoms with Crippen LogP contribution in [-0.2, 0) is 0 Å². The minimum Gasteiger partial charge on any atom is -0.478 e.